The predicted molar refractivity (Wildman–Crippen MR) is 65.5 cm³/mol. The molecule has 0 saturated carbocycles. The molecule has 0 atom stereocenters. The van der Waals surface area contributed by atoms with Crippen molar-refractivity contribution in [2.45, 2.75) is 13.5 Å². The van der Waals surface area contributed by atoms with Gasteiger partial charge in [0.15, 0.2) is 0 Å². The molecule has 2 rings (SSSR count). The third-order valence-electron chi connectivity index (χ3n) is 1.93. The highest BCUT2D eigenvalue weighted by molar-refractivity contribution is 9.10. The lowest BCUT2D eigenvalue weighted by atomic mass is 10.3. The first-order chi connectivity index (χ1) is 7.65. The van der Waals surface area contributed by atoms with Crippen LogP contribution in [0.3, 0.4) is 0 Å². The van der Waals surface area contributed by atoms with Gasteiger partial charge in [0.2, 0.25) is 11.8 Å². The second kappa shape index (κ2) is 4.84. The first-order valence-corrected chi connectivity index (χ1v) is 5.80. The maximum absolute atomic E-state index is 5.89. The van der Waals surface area contributed by atoms with Crippen LogP contribution in [0.4, 0.5) is 5.69 Å². The van der Waals surface area contributed by atoms with Crippen molar-refractivity contribution in [1.82, 2.24) is 10.2 Å². The fourth-order valence-corrected chi connectivity index (χ4v) is 1.69. The zero-order valence-electron chi connectivity index (χ0n) is 8.50. The van der Waals surface area contributed by atoms with Gasteiger partial charge in [-0.15, -0.1) is 10.2 Å². The van der Waals surface area contributed by atoms with Gasteiger partial charge in [0.1, 0.15) is 0 Å². The lowest BCUT2D eigenvalue weighted by Crippen LogP contribution is -1.99. The Morgan fingerprint density at radius 2 is 2.25 bits per heavy atom. The van der Waals surface area contributed by atoms with Crippen molar-refractivity contribution in [3.8, 4) is 0 Å². The van der Waals surface area contributed by atoms with Crippen molar-refractivity contribution < 1.29 is 4.42 Å². The smallest absolute Gasteiger partial charge is 0.235 e. The van der Waals surface area contributed by atoms with Gasteiger partial charge in [-0.2, -0.15) is 0 Å². The Hall–Kier alpha value is -1.07. The average molecular weight is 303 g/mol. The molecule has 2 aromatic rings. The molecule has 16 heavy (non-hydrogen) atoms. The van der Waals surface area contributed by atoms with E-state index in [4.69, 9.17) is 16.0 Å². The molecule has 1 aromatic heterocycles. The van der Waals surface area contributed by atoms with E-state index in [0.717, 1.165) is 10.2 Å². The SMILES string of the molecule is Cc1nnc(CNc2ccc(Cl)c(Br)c2)o1. The quantitative estimate of drug-likeness (QED) is 0.944. The Morgan fingerprint density at radius 3 is 2.88 bits per heavy atom. The van der Waals surface area contributed by atoms with Gasteiger partial charge >= 0.3 is 0 Å². The Labute approximate surface area is 106 Å². The summed E-state index contributed by atoms with van der Waals surface area (Å²) in [5, 5.41) is 11.5. The minimum atomic E-state index is 0.495. The van der Waals surface area contributed by atoms with Crippen molar-refractivity contribution >= 4 is 33.2 Å². The highest BCUT2D eigenvalue weighted by atomic mass is 79.9. The standard InChI is InChI=1S/C10H9BrClN3O/c1-6-14-15-10(16-6)5-13-7-2-3-9(12)8(11)4-7/h2-4,13H,5H2,1H3. The molecule has 6 heteroatoms. The number of hydrogen-bond acceptors (Lipinski definition) is 4. The molecule has 0 aliphatic rings. The minimum absolute atomic E-state index is 0.495. The van der Waals surface area contributed by atoms with Gasteiger partial charge in [-0.25, -0.2) is 0 Å². The summed E-state index contributed by atoms with van der Waals surface area (Å²) in [7, 11) is 0. The molecule has 0 radical (unpaired) electrons. The largest absolute Gasteiger partial charge is 0.424 e. The fraction of sp³-hybridized carbons (Fsp3) is 0.200. The number of nitrogens with zero attached hydrogens (tertiary/aromatic N) is 2. The number of anilines is 1. The maximum atomic E-state index is 5.89. The molecular formula is C10H9BrClN3O. The maximum Gasteiger partial charge on any atom is 0.235 e. The van der Waals surface area contributed by atoms with Crippen LogP contribution in [0.5, 0.6) is 0 Å². The normalized spacial score (nSPS) is 10.4. The molecule has 84 valence electrons. The van der Waals surface area contributed by atoms with Crippen molar-refractivity contribution in [1.29, 1.82) is 0 Å². The van der Waals surface area contributed by atoms with E-state index in [1.807, 2.05) is 18.2 Å². The Morgan fingerprint density at radius 1 is 1.44 bits per heavy atom. The van der Waals surface area contributed by atoms with E-state index in [9.17, 15) is 0 Å². The van der Waals surface area contributed by atoms with Gasteiger partial charge in [0.25, 0.3) is 0 Å². The number of halogens is 2. The zero-order chi connectivity index (χ0) is 11.5. The highest BCUT2D eigenvalue weighted by Crippen LogP contribution is 2.25. The second-order valence-electron chi connectivity index (χ2n) is 3.20. The van der Waals surface area contributed by atoms with E-state index >= 15 is 0 Å². The van der Waals surface area contributed by atoms with Crippen LogP contribution in [0.25, 0.3) is 0 Å². The van der Waals surface area contributed by atoms with Crippen LogP contribution < -0.4 is 5.32 Å². The van der Waals surface area contributed by atoms with E-state index in [1.165, 1.54) is 0 Å². The molecule has 0 aliphatic carbocycles. The Balaban J connectivity index is 2.02. The van der Waals surface area contributed by atoms with Crippen LogP contribution in [0.2, 0.25) is 5.02 Å². The molecule has 4 nitrogen and oxygen atoms in total. The molecule has 0 aliphatic heterocycles. The summed E-state index contributed by atoms with van der Waals surface area (Å²) in [5.41, 5.74) is 0.937. The van der Waals surface area contributed by atoms with Crippen LogP contribution >= 0.6 is 27.5 Å². The first-order valence-electron chi connectivity index (χ1n) is 4.63. The van der Waals surface area contributed by atoms with Gasteiger partial charge in [0.05, 0.1) is 11.6 Å². The number of rotatable bonds is 3. The summed E-state index contributed by atoms with van der Waals surface area (Å²) in [4.78, 5) is 0. The van der Waals surface area contributed by atoms with E-state index in [-0.39, 0.29) is 0 Å². The summed E-state index contributed by atoms with van der Waals surface area (Å²) in [5.74, 6) is 1.12. The second-order valence-corrected chi connectivity index (χ2v) is 4.46. The number of benzene rings is 1. The summed E-state index contributed by atoms with van der Waals surface area (Å²) in [6, 6.07) is 5.59. The lowest BCUT2D eigenvalue weighted by Gasteiger charge is -2.04. The van der Waals surface area contributed by atoms with Crippen LogP contribution in [0, 0.1) is 6.92 Å². The molecule has 0 amide bonds. The summed E-state index contributed by atoms with van der Waals surface area (Å²) in [6.45, 7) is 2.25. The number of aryl methyl sites for hydroxylation is 1. The molecule has 0 bridgehead atoms. The lowest BCUT2D eigenvalue weighted by molar-refractivity contribution is 0.475. The number of hydrogen-bond donors (Lipinski definition) is 1. The van der Waals surface area contributed by atoms with Crippen molar-refractivity contribution in [3.63, 3.8) is 0 Å². The summed E-state index contributed by atoms with van der Waals surface area (Å²) < 4.78 is 6.08. The summed E-state index contributed by atoms with van der Waals surface area (Å²) in [6.07, 6.45) is 0. The van der Waals surface area contributed by atoms with Crippen molar-refractivity contribution in [3.05, 3.63) is 39.5 Å². The highest BCUT2D eigenvalue weighted by Gasteiger charge is 2.03. The number of nitrogens with one attached hydrogen (secondary N) is 1. The van der Waals surface area contributed by atoms with Crippen molar-refractivity contribution in [2.24, 2.45) is 0 Å². The number of aromatic nitrogens is 2. The van der Waals surface area contributed by atoms with E-state index in [0.29, 0.717) is 23.3 Å². The monoisotopic (exact) mass is 301 g/mol. The Kier molecular flexibility index (Phi) is 3.46. The van der Waals surface area contributed by atoms with Gasteiger partial charge in [-0.05, 0) is 34.1 Å². The molecule has 0 unspecified atom stereocenters. The molecule has 1 N–H and O–H groups in total. The van der Waals surface area contributed by atoms with Crippen LogP contribution in [0.1, 0.15) is 11.8 Å². The van der Waals surface area contributed by atoms with E-state index < -0.39 is 0 Å². The van der Waals surface area contributed by atoms with Crippen LogP contribution in [-0.4, -0.2) is 10.2 Å². The molecule has 1 aromatic carbocycles. The van der Waals surface area contributed by atoms with Gasteiger partial charge in [-0.1, -0.05) is 11.6 Å². The van der Waals surface area contributed by atoms with Gasteiger partial charge in [-0.3, -0.25) is 0 Å². The average Bonchev–Trinajstić information content (AvgIpc) is 2.66. The summed E-state index contributed by atoms with van der Waals surface area (Å²) >= 11 is 9.24. The minimum Gasteiger partial charge on any atom is -0.424 e. The molecule has 0 spiro atoms. The molecule has 0 saturated heterocycles. The Bertz CT molecular complexity index is 501. The molecular weight excluding hydrogens is 293 g/mol. The zero-order valence-corrected chi connectivity index (χ0v) is 10.8. The predicted octanol–water partition coefficient (Wildman–Crippen LogP) is 3.41. The third-order valence-corrected chi connectivity index (χ3v) is 3.15. The van der Waals surface area contributed by atoms with Crippen molar-refractivity contribution in [2.75, 3.05) is 5.32 Å². The first kappa shape index (κ1) is 11.4. The van der Waals surface area contributed by atoms with Crippen LogP contribution in [-0.2, 0) is 6.54 Å². The topological polar surface area (TPSA) is 51.0 Å². The fourth-order valence-electron chi connectivity index (χ4n) is 1.19. The third kappa shape index (κ3) is 2.74. The van der Waals surface area contributed by atoms with Crippen LogP contribution in [0.15, 0.2) is 27.1 Å². The molecule has 1 heterocycles. The van der Waals surface area contributed by atoms with Gasteiger partial charge in [0, 0.05) is 17.1 Å². The van der Waals surface area contributed by atoms with E-state index in [1.54, 1.807) is 6.92 Å². The van der Waals surface area contributed by atoms with Gasteiger partial charge < -0.3 is 9.73 Å². The molecule has 0 fully saturated rings. The van der Waals surface area contributed by atoms with E-state index in [2.05, 4.69) is 31.4 Å².